The number of carbonyl (C=O) groups is 2. The van der Waals surface area contributed by atoms with Gasteiger partial charge in [-0.1, -0.05) is 6.42 Å². The standard InChI is InChI=1S/C13H24N2O4/c1-19-10-8-14(7-9-16)13(18)11-15-6-4-2-3-5-12(15)17/h16H,2-11H2,1H3. The molecule has 19 heavy (non-hydrogen) atoms. The number of hydrogen-bond donors (Lipinski definition) is 1. The molecule has 6 nitrogen and oxygen atoms in total. The van der Waals surface area contributed by atoms with Gasteiger partial charge in [-0.3, -0.25) is 9.59 Å². The summed E-state index contributed by atoms with van der Waals surface area (Å²) in [5.74, 6) is -0.0668. The predicted molar refractivity (Wildman–Crippen MR) is 70.6 cm³/mol. The highest BCUT2D eigenvalue weighted by molar-refractivity contribution is 5.85. The Morgan fingerprint density at radius 1 is 1.37 bits per heavy atom. The van der Waals surface area contributed by atoms with Crippen molar-refractivity contribution in [3.63, 3.8) is 0 Å². The number of methoxy groups -OCH3 is 1. The Hall–Kier alpha value is -1.14. The highest BCUT2D eigenvalue weighted by atomic mass is 16.5. The molecule has 0 atom stereocenters. The monoisotopic (exact) mass is 272 g/mol. The zero-order chi connectivity index (χ0) is 14.1. The maximum Gasteiger partial charge on any atom is 0.242 e. The first-order chi connectivity index (χ1) is 9.19. The molecule has 0 bridgehead atoms. The smallest absolute Gasteiger partial charge is 0.242 e. The van der Waals surface area contributed by atoms with Crippen LogP contribution < -0.4 is 0 Å². The topological polar surface area (TPSA) is 70.1 Å². The van der Waals surface area contributed by atoms with E-state index < -0.39 is 0 Å². The summed E-state index contributed by atoms with van der Waals surface area (Å²) in [5.41, 5.74) is 0. The van der Waals surface area contributed by atoms with Gasteiger partial charge in [0.2, 0.25) is 11.8 Å². The molecule has 0 aliphatic carbocycles. The first kappa shape index (κ1) is 15.9. The second-order valence-electron chi connectivity index (χ2n) is 4.72. The third kappa shape index (κ3) is 5.57. The maximum atomic E-state index is 12.1. The first-order valence-corrected chi connectivity index (χ1v) is 6.84. The van der Waals surface area contributed by atoms with Crippen molar-refractivity contribution in [2.24, 2.45) is 0 Å². The van der Waals surface area contributed by atoms with Gasteiger partial charge < -0.3 is 19.6 Å². The molecule has 0 radical (unpaired) electrons. The summed E-state index contributed by atoms with van der Waals surface area (Å²) in [7, 11) is 1.57. The van der Waals surface area contributed by atoms with Crippen LogP contribution in [-0.4, -0.2) is 73.2 Å². The first-order valence-electron chi connectivity index (χ1n) is 6.84. The largest absolute Gasteiger partial charge is 0.395 e. The molecular weight excluding hydrogens is 248 g/mol. The number of amides is 2. The maximum absolute atomic E-state index is 12.1. The van der Waals surface area contributed by atoms with Crippen molar-refractivity contribution in [2.75, 3.05) is 46.5 Å². The predicted octanol–water partition coefficient (Wildman–Crippen LogP) is -0.144. The van der Waals surface area contributed by atoms with E-state index in [1.165, 1.54) is 0 Å². The number of hydrogen-bond acceptors (Lipinski definition) is 4. The summed E-state index contributed by atoms with van der Waals surface area (Å²) >= 11 is 0. The van der Waals surface area contributed by atoms with Gasteiger partial charge in [0.1, 0.15) is 0 Å². The minimum atomic E-state index is -0.124. The number of ether oxygens (including phenoxy) is 1. The fourth-order valence-electron chi connectivity index (χ4n) is 2.15. The third-order valence-corrected chi connectivity index (χ3v) is 3.29. The zero-order valence-electron chi connectivity index (χ0n) is 11.6. The number of nitrogens with zero attached hydrogens (tertiary/aromatic N) is 2. The van der Waals surface area contributed by atoms with E-state index in [2.05, 4.69) is 0 Å². The van der Waals surface area contributed by atoms with Crippen LogP contribution in [0.1, 0.15) is 25.7 Å². The SMILES string of the molecule is COCCN(CCO)C(=O)CN1CCCCCC1=O. The van der Waals surface area contributed by atoms with E-state index in [-0.39, 0.29) is 31.5 Å². The summed E-state index contributed by atoms with van der Waals surface area (Å²) in [4.78, 5) is 27.1. The van der Waals surface area contributed by atoms with E-state index >= 15 is 0 Å². The van der Waals surface area contributed by atoms with Crippen LogP contribution in [0.25, 0.3) is 0 Å². The Morgan fingerprint density at radius 3 is 2.84 bits per heavy atom. The molecule has 1 fully saturated rings. The fraction of sp³-hybridized carbons (Fsp3) is 0.846. The van der Waals surface area contributed by atoms with Gasteiger partial charge in [0.25, 0.3) is 0 Å². The van der Waals surface area contributed by atoms with Crippen LogP contribution in [-0.2, 0) is 14.3 Å². The molecule has 1 saturated heterocycles. The molecule has 2 amide bonds. The van der Waals surface area contributed by atoms with Crippen LogP contribution >= 0.6 is 0 Å². The van der Waals surface area contributed by atoms with E-state index in [0.717, 1.165) is 19.3 Å². The van der Waals surface area contributed by atoms with Crippen molar-refractivity contribution in [3.8, 4) is 0 Å². The number of carbonyl (C=O) groups excluding carboxylic acids is 2. The van der Waals surface area contributed by atoms with Crippen molar-refractivity contribution < 1.29 is 19.4 Å². The van der Waals surface area contributed by atoms with Crippen molar-refractivity contribution in [3.05, 3.63) is 0 Å². The minimum absolute atomic E-state index is 0.0570. The van der Waals surface area contributed by atoms with Crippen molar-refractivity contribution >= 4 is 11.8 Å². The van der Waals surface area contributed by atoms with Gasteiger partial charge in [0.15, 0.2) is 0 Å². The third-order valence-electron chi connectivity index (χ3n) is 3.29. The van der Waals surface area contributed by atoms with Crippen LogP contribution in [0, 0.1) is 0 Å². The molecule has 1 heterocycles. The lowest BCUT2D eigenvalue weighted by Crippen LogP contribution is -2.44. The average molecular weight is 272 g/mol. The summed E-state index contributed by atoms with van der Waals surface area (Å²) < 4.78 is 4.94. The van der Waals surface area contributed by atoms with E-state index in [0.29, 0.717) is 26.1 Å². The van der Waals surface area contributed by atoms with Gasteiger partial charge in [0, 0.05) is 33.2 Å². The molecule has 0 aromatic rings. The summed E-state index contributed by atoms with van der Waals surface area (Å²) in [6, 6.07) is 0. The lowest BCUT2D eigenvalue weighted by atomic mass is 10.2. The van der Waals surface area contributed by atoms with Gasteiger partial charge >= 0.3 is 0 Å². The Labute approximate surface area is 114 Å². The van der Waals surface area contributed by atoms with Gasteiger partial charge in [-0.25, -0.2) is 0 Å². The van der Waals surface area contributed by atoms with Crippen LogP contribution in [0.5, 0.6) is 0 Å². The van der Waals surface area contributed by atoms with Gasteiger partial charge in [0.05, 0.1) is 19.8 Å². The Bertz CT molecular complexity index is 296. The molecule has 1 aliphatic heterocycles. The molecule has 0 aromatic carbocycles. The Kier molecular flexibility index (Phi) is 7.43. The molecule has 0 unspecified atom stereocenters. The molecule has 1 rings (SSSR count). The highest BCUT2D eigenvalue weighted by Gasteiger charge is 2.22. The molecule has 1 N–H and O–H groups in total. The molecule has 6 heteroatoms. The highest BCUT2D eigenvalue weighted by Crippen LogP contribution is 2.11. The molecule has 0 aromatic heterocycles. The van der Waals surface area contributed by atoms with Crippen LogP contribution in [0.15, 0.2) is 0 Å². The molecular formula is C13H24N2O4. The normalized spacial score (nSPS) is 16.3. The van der Waals surface area contributed by atoms with Crippen LogP contribution in [0.2, 0.25) is 0 Å². The van der Waals surface area contributed by atoms with Crippen LogP contribution in [0.4, 0.5) is 0 Å². The second-order valence-corrected chi connectivity index (χ2v) is 4.72. The van der Waals surface area contributed by atoms with Gasteiger partial charge in [-0.05, 0) is 12.8 Å². The summed E-state index contributed by atoms with van der Waals surface area (Å²) in [6.07, 6.45) is 3.44. The van der Waals surface area contributed by atoms with E-state index in [4.69, 9.17) is 9.84 Å². The second kappa shape index (κ2) is 8.87. The molecule has 110 valence electrons. The van der Waals surface area contributed by atoms with E-state index in [1.807, 2.05) is 0 Å². The van der Waals surface area contributed by atoms with Crippen molar-refractivity contribution in [1.29, 1.82) is 0 Å². The molecule has 1 aliphatic rings. The van der Waals surface area contributed by atoms with Crippen LogP contribution in [0.3, 0.4) is 0 Å². The average Bonchev–Trinajstić information content (AvgIpc) is 2.60. The number of rotatable bonds is 7. The summed E-state index contributed by atoms with van der Waals surface area (Å²) in [6.45, 7) is 1.84. The van der Waals surface area contributed by atoms with Crippen molar-refractivity contribution in [2.45, 2.75) is 25.7 Å². The quantitative estimate of drug-likeness (QED) is 0.700. The van der Waals surface area contributed by atoms with Gasteiger partial charge in [-0.2, -0.15) is 0 Å². The Balaban J connectivity index is 2.50. The van der Waals surface area contributed by atoms with E-state index in [1.54, 1.807) is 16.9 Å². The summed E-state index contributed by atoms with van der Waals surface area (Å²) in [5, 5.41) is 8.97. The molecule has 0 saturated carbocycles. The molecule has 0 spiro atoms. The number of aliphatic hydroxyl groups excluding tert-OH is 1. The lowest BCUT2D eigenvalue weighted by molar-refractivity contribution is -0.140. The number of aliphatic hydroxyl groups is 1. The zero-order valence-corrected chi connectivity index (χ0v) is 11.6. The van der Waals surface area contributed by atoms with Crippen molar-refractivity contribution in [1.82, 2.24) is 9.80 Å². The number of likely N-dealkylation sites (tertiary alicyclic amines) is 1. The Morgan fingerprint density at radius 2 is 2.16 bits per heavy atom. The minimum Gasteiger partial charge on any atom is -0.395 e. The lowest BCUT2D eigenvalue weighted by Gasteiger charge is -2.26. The fourth-order valence-corrected chi connectivity index (χ4v) is 2.15. The van der Waals surface area contributed by atoms with Gasteiger partial charge in [-0.15, -0.1) is 0 Å². The van der Waals surface area contributed by atoms with E-state index in [9.17, 15) is 9.59 Å².